The first-order valence-corrected chi connectivity index (χ1v) is 6.71. The summed E-state index contributed by atoms with van der Waals surface area (Å²) in [6, 6.07) is 7.90. The Morgan fingerprint density at radius 3 is 2.38 bits per heavy atom. The molecule has 0 unspecified atom stereocenters. The molecule has 0 spiro atoms. The predicted octanol–water partition coefficient (Wildman–Crippen LogP) is 2.66. The van der Waals surface area contributed by atoms with E-state index in [1.54, 1.807) is 0 Å². The van der Waals surface area contributed by atoms with Gasteiger partial charge in [-0.1, -0.05) is 27.5 Å². The maximum Gasteiger partial charge on any atom is 0.466 e. The summed E-state index contributed by atoms with van der Waals surface area (Å²) < 4.78 is 9.95. The smallest absolute Gasteiger partial charge is 0.346 e. The zero-order valence-electron chi connectivity index (χ0n) is 7.76. The second-order valence-electron chi connectivity index (χ2n) is 2.86. The van der Waals surface area contributed by atoms with Crippen LogP contribution in [0.25, 0.3) is 10.9 Å². The van der Waals surface area contributed by atoms with Gasteiger partial charge in [0.05, 0.1) is 0 Å². The molecule has 5 nitrogen and oxygen atoms in total. The minimum atomic E-state index is -4.64. The lowest BCUT2D eigenvalue weighted by atomic mass is 10.3. The van der Waals surface area contributed by atoms with Gasteiger partial charge in [0.15, 0.2) is 0 Å². The highest BCUT2D eigenvalue weighted by atomic mass is 79.9. The van der Waals surface area contributed by atoms with Crippen LogP contribution in [0.4, 0.5) is 0 Å². The first-order valence-electron chi connectivity index (χ1n) is 3.98. The highest BCUT2D eigenvalue weighted by Gasteiger charge is 2.00. The third-order valence-corrected chi connectivity index (χ3v) is 2.25. The van der Waals surface area contributed by atoms with Crippen molar-refractivity contribution < 1.29 is 19.2 Å². The molecule has 16 heavy (non-hydrogen) atoms. The third-order valence-electron chi connectivity index (χ3n) is 1.55. The number of aromatic amines is 1. The van der Waals surface area contributed by atoms with Crippen LogP contribution in [-0.4, -0.2) is 19.7 Å². The lowest BCUT2D eigenvalue weighted by Gasteiger charge is -1.88. The number of hydrogen-bond acceptors (Lipinski definition) is 1. The predicted molar refractivity (Wildman–Crippen MR) is 65.3 cm³/mol. The maximum absolute atomic E-state index is 8.88. The number of aromatic nitrogens is 1. The summed E-state index contributed by atoms with van der Waals surface area (Å²) in [5.41, 5.74) is 1.07. The number of H-pyrrole nitrogens is 1. The van der Waals surface area contributed by atoms with Crippen molar-refractivity contribution in [3.05, 3.63) is 33.9 Å². The van der Waals surface area contributed by atoms with Gasteiger partial charge in [0.2, 0.25) is 0 Å². The summed E-state index contributed by atoms with van der Waals surface area (Å²) in [6.45, 7) is 0. The number of nitrogens with one attached hydrogen (secondary N) is 1. The molecule has 2 rings (SSSR count). The molecule has 0 saturated carbocycles. The third kappa shape index (κ3) is 5.12. The molecule has 0 radical (unpaired) electrons. The van der Waals surface area contributed by atoms with Gasteiger partial charge in [-0.05, 0) is 24.3 Å². The van der Waals surface area contributed by atoms with E-state index in [1.807, 2.05) is 24.3 Å². The van der Waals surface area contributed by atoms with Crippen molar-refractivity contribution in [2.75, 3.05) is 0 Å². The van der Waals surface area contributed by atoms with E-state index >= 15 is 0 Å². The summed E-state index contributed by atoms with van der Waals surface area (Å²) in [5.74, 6) is 0. The van der Waals surface area contributed by atoms with Crippen molar-refractivity contribution in [3.8, 4) is 0 Å². The topological polar surface area (TPSA) is 93.6 Å². The van der Waals surface area contributed by atoms with Gasteiger partial charge in [0, 0.05) is 15.4 Å². The van der Waals surface area contributed by atoms with Crippen molar-refractivity contribution in [3.63, 3.8) is 0 Å². The molecule has 1 aromatic carbocycles. The van der Waals surface area contributed by atoms with Crippen LogP contribution in [0.3, 0.4) is 0 Å². The van der Waals surface area contributed by atoms with Gasteiger partial charge in [0.1, 0.15) is 5.15 Å². The van der Waals surface area contributed by atoms with Crippen LogP contribution in [0.15, 0.2) is 28.7 Å². The highest BCUT2D eigenvalue weighted by molar-refractivity contribution is 9.10. The van der Waals surface area contributed by atoms with E-state index in [-0.39, 0.29) is 0 Å². The van der Waals surface area contributed by atoms with Gasteiger partial charge >= 0.3 is 7.82 Å². The van der Waals surface area contributed by atoms with Gasteiger partial charge in [-0.15, -0.1) is 0 Å². The number of halogens is 2. The molecule has 1 heterocycles. The second kappa shape index (κ2) is 5.31. The van der Waals surface area contributed by atoms with Crippen LogP contribution in [0.1, 0.15) is 0 Å². The number of benzene rings is 1. The zero-order valence-corrected chi connectivity index (χ0v) is 11.0. The van der Waals surface area contributed by atoms with E-state index in [0.29, 0.717) is 5.15 Å². The molecule has 0 atom stereocenters. The second-order valence-corrected chi connectivity index (χ2v) is 5.21. The van der Waals surface area contributed by atoms with Crippen LogP contribution in [0.2, 0.25) is 5.15 Å². The summed E-state index contributed by atoms with van der Waals surface area (Å²) in [6.07, 6.45) is 0. The van der Waals surface area contributed by atoms with Gasteiger partial charge in [0.25, 0.3) is 0 Å². The van der Waals surface area contributed by atoms with Crippen molar-refractivity contribution >= 4 is 46.3 Å². The van der Waals surface area contributed by atoms with E-state index in [2.05, 4.69) is 20.9 Å². The molecule has 0 bridgehead atoms. The molecule has 4 N–H and O–H groups in total. The molecule has 8 heteroatoms. The Balaban J connectivity index is 0.000000221. The molecular formula is C8H8BrClNO4P. The molecular weight excluding hydrogens is 320 g/mol. The molecule has 0 aliphatic heterocycles. The maximum atomic E-state index is 8.88. The average Bonchev–Trinajstić information content (AvgIpc) is 2.40. The van der Waals surface area contributed by atoms with E-state index in [1.165, 1.54) is 0 Å². The van der Waals surface area contributed by atoms with Crippen molar-refractivity contribution in [2.45, 2.75) is 0 Å². The fourth-order valence-electron chi connectivity index (χ4n) is 1.07. The van der Waals surface area contributed by atoms with Crippen LogP contribution in [0, 0.1) is 0 Å². The van der Waals surface area contributed by atoms with Crippen LogP contribution < -0.4 is 0 Å². The highest BCUT2D eigenvalue weighted by Crippen LogP contribution is 2.25. The molecule has 1 aromatic heterocycles. The molecule has 0 saturated heterocycles. The quantitative estimate of drug-likeness (QED) is 0.559. The van der Waals surface area contributed by atoms with Gasteiger partial charge in [-0.25, -0.2) is 4.57 Å². The van der Waals surface area contributed by atoms with Crippen LogP contribution in [0.5, 0.6) is 0 Å². The van der Waals surface area contributed by atoms with Crippen LogP contribution in [-0.2, 0) is 4.57 Å². The lowest BCUT2D eigenvalue weighted by Crippen LogP contribution is -1.66. The first kappa shape index (κ1) is 13.7. The minimum Gasteiger partial charge on any atom is -0.346 e. The van der Waals surface area contributed by atoms with Crippen molar-refractivity contribution in [1.82, 2.24) is 4.98 Å². The SMILES string of the molecule is Clc1cc2cc(Br)ccc2[nH]1.O=P(O)(O)O. The Kier molecular flexibility index (Phi) is 4.55. The molecule has 88 valence electrons. The van der Waals surface area contributed by atoms with Gasteiger partial charge < -0.3 is 19.7 Å². The number of rotatable bonds is 0. The van der Waals surface area contributed by atoms with Gasteiger partial charge in [-0.3, -0.25) is 0 Å². The van der Waals surface area contributed by atoms with E-state index in [0.717, 1.165) is 15.4 Å². The number of phosphoric acid groups is 1. The minimum absolute atomic E-state index is 0.679. The van der Waals surface area contributed by atoms with Crippen molar-refractivity contribution in [2.24, 2.45) is 0 Å². The standard InChI is InChI=1S/C8H5BrClN.H3O4P/c9-6-1-2-7-5(3-6)4-8(10)11-7;1-5(2,3)4/h1-4,11H;(H3,1,2,3,4). The largest absolute Gasteiger partial charge is 0.466 e. The van der Waals surface area contributed by atoms with Gasteiger partial charge in [-0.2, -0.15) is 0 Å². The zero-order chi connectivity index (χ0) is 12.3. The summed E-state index contributed by atoms with van der Waals surface area (Å²) >= 11 is 9.15. The normalized spacial score (nSPS) is 11.1. The Morgan fingerprint density at radius 1 is 1.25 bits per heavy atom. The van der Waals surface area contributed by atoms with Crippen molar-refractivity contribution in [1.29, 1.82) is 0 Å². The monoisotopic (exact) mass is 327 g/mol. The summed E-state index contributed by atoms with van der Waals surface area (Å²) in [7, 11) is -4.64. The van der Waals surface area contributed by atoms with E-state index < -0.39 is 7.82 Å². The average molecular weight is 328 g/mol. The van der Waals surface area contributed by atoms with E-state index in [9.17, 15) is 0 Å². The summed E-state index contributed by atoms with van der Waals surface area (Å²) in [5, 5.41) is 1.81. The molecule has 0 fully saturated rings. The summed E-state index contributed by atoms with van der Waals surface area (Å²) in [4.78, 5) is 24.6. The number of fused-ring (bicyclic) bond motifs is 1. The fraction of sp³-hybridized carbons (Fsp3) is 0. The van der Waals surface area contributed by atoms with Crippen LogP contribution >= 0.6 is 35.4 Å². The lowest BCUT2D eigenvalue weighted by molar-refractivity contribution is 0.275. The Hall–Kier alpha value is -0.360. The molecule has 0 amide bonds. The van der Waals surface area contributed by atoms with E-state index in [4.69, 9.17) is 30.8 Å². The molecule has 2 aromatic rings. The Labute approximate surface area is 104 Å². The fourth-order valence-corrected chi connectivity index (χ4v) is 1.67. The number of hydrogen-bond donors (Lipinski definition) is 4. The molecule has 0 aliphatic carbocycles. The Morgan fingerprint density at radius 2 is 1.81 bits per heavy atom. The molecule has 0 aliphatic rings. The Bertz CT molecular complexity index is 530. The first-order chi connectivity index (χ1) is 7.25.